The van der Waals surface area contributed by atoms with E-state index in [-0.39, 0.29) is 0 Å². The summed E-state index contributed by atoms with van der Waals surface area (Å²) in [6.07, 6.45) is 6.29. The Kier molecular flexibility index (Phi) is 4.93. The monoisotopic (exact) mass is 367 g/mol. The molecule has 1 aliphatic heterocycles. The predicted molar refractivity (Wildman–Crippen MR) is 109 cm³/mol. The van der Waals surface area contributed by atoms with Crippen molar-refractivity contribution < 1.29 is 0 Å². The van der Waals surface area contributed by atoms with Crippen LogP contribution in [0.5, 0.6) is 0 Å². The zero-order valence-electron chi connectivity index (χ0n) is 15.4. The van der Waals surface area contributed by atoms with Crippen LogP contribution < -0.4 is 5.32 Å². The highest BCUT2D eigenvalue weighted by atomic mass is 32.1. The van der Waals surface area contributed by atoms with E-state index in [9.17, 15) is 0 Å². The molecule has 3 aromatic rings. The molecule has 6 heteroatoms. The first kappa shape index (κ1) is 17.1. The quantitative estimate of drug-likeness (QED) is 0.569. The van der Waals surface area contributed by atoms with Crippen LogP contribution in [0.1, 0.15) is 23.5 Å². The lowest BCUT2D eigenvalue weighted by Crippen LogP contribution is -2.40. The number of hydrogen-bond acceptors (Lipinski definition) is 3. The number of guanidine groups is 1. The molecular formula is C20H25N5S. The third kappa shape index (κ3) is 3.46. The van der Waals surface area contributed by atoms with Crippen LogP contribution in [0.25, 0.3) is 10.1 Å². The standard InChI is InChI=1S/C20H25N5S/c1-21-20(25-10-8-15(13-25)17-11-23-24(2)12-17)22-9-7-16-14-26-19-6-4-3-5-18(16)19/h3-6,11-12,14-15H,7-10,13H2,1-2H3,(H,21,22). The largest absolute Gasteiger partial charge is 0.356 e. The number of aryl methyl sites for hydroxylation is 1. The molecule has 5 nitrogen and oxygen atoms in total. The van der Waals surface area contributed by atoms with E-state index in [4.69, 9.17) is 0 Å². The summed E-state index contributed by atoms with van der Waals surface area (Å²) in [7, 11) is 3.85. The molecule has 26 heavy (non-hydrogen) atoms. The number of thiophene rings is 1. The highest BCUT2D eigenvalue weighted by Crippen LogP contribution is 2.27. The Labute approximate surface area is 158 Å². The third-order valence-electron chi connectivity index (χ3n) is 5.13. The van der Waals surface area contributed by atoms with Gasteiger partial charge in [-0.1, -0.05) is 18.2 Å². The third-order valence-corrected chi connectivity index (χ3v) is 6.15. The Morgan fingerprint density at radius 3 is 3.08 bits per heavy atom. The molecule has 0 radical (unpaired) electrons. The van der Waals surface area contributed by atoms with Gasteiger partial charge in [-0.05, 0) is 40.8 Å². The number of rotatable bonds is 4. The van der Waals surface area contributed by atoms with Crippen molar-refractivity contribution in [3.05, 3.63) is 53.2 Å². The summed E-state index contributed by atoms with van der Waals surface area (Å²) in [5.74, 6) is 1.55. The molecule has 0 amide bonds. The lowest BCUT2D eigenvalue weighted by atomic mass is 10.0. The van der Waals surface area contributed by atoms with E-state index in [1.54, 1.807) is 0 Å². The highest BCUT2D eigenvalue weighted by Gasteiger charge is 2.26. The molecule has 1 unspecified atom stereocenters. The number of aliphatic imine (C=N–C) groups is 1. The number of benzene rings is 1. The second kappa shape index (κ2) is 7.50. The van der Waals surface area contributed by atoms with Crippen molar-refractivity contribution in [2.24, 2.45) is 12.0 Å². The van der Waals surface area contributed by atoms with Gasteiger partial charge in [0.1, 0.15) is 0 Å². The summed E-state index contributed by atoms with van der Waals surface area (Å²) in [5, 5.41) is 11.5. The molecule has 1 aliphatic rings. The van der Waals surface area contributed by atoms with Crippen LogP contribution in [0.4, 0.5) is 0 Å². The molecule has 1 N–H and O–H groups in total. The summed E-state index contributed by atoms with van der Waals surface area (Å²) in [4.78, 5) is 6.86. The van der Waals surface area contributed by atoms with E-state index < -0.39 is 0 Å². The lowest BCUT2D eigenvalue weighted by molar-refractivity contribution is 0.486. The highest BCUT2D eigenvalue weighted by molar-refractivity contribution is 7.17. The molecule has 2 aromatic heterocycles. The first-order valence-corrected chi connectivity index (χ1v) is 10.0. The van der Waals surface area contributed by atoms with Crippen molar-refractivity contribution in [2.75, 3.05) is 26.7 Å². The van der Waals surface area contributed by atoms with Crippen LogP contribution >= 0.6 is 11.3 Å². The van der Waals surface area contributed by atoms with Crippen LogP contribution in [0, 0.1) is 0 Å². The summed E-state index contributed by atoms with van der Waals surface area (Å²) >= 11 is 1.83. The van der Waals surface area contributed by atoms with Crippen molar-refractivity contribution >= 4 is 27.4 Å². The fourth-order valence-corrected chi connectivity index (χ4v) is 4.74. The maximum Gasteiger partial charge on any atom is 0.193 e. The fourth-order valence-electron chi connectivity index (χ4n) is 3.74. The first-order valence-electron chi connectivity index (χ1n) is 9.14. The summed E-state index contributed by atoms with van der Waals surface area (Å²) in [5.41, 5.74) is 2.75. The molecule has 1 saturated heterocycles. The molecule has 4 rings (SSSR count). The van der Waals surface area contributed by atoms with Gasteiger partial charge in [0.05, 0.1) is 6.20 Å². The zero-order valence-corrected chi connectivity index (χ0v) is 16.2. The molecule has 3 heterocycles. The van der Waals surface area contributed by atoms with Crippen LogP contribution in [-0.2, 0) is 13.5 Å². The van der Waals surface area contributed by atoms with Gasteiger partial charge in [-0.3, -0.25) is 9.67 Å². The number of hydrogen-bond donors (Lipinski definition) is 1. The Hall–Kier alpha value is -2.34. The Balaban J connectivity index is 1.34. The van der Waals surface area contributed by atoms with Gasteiger partial charge >= 0.3 is 0 Å². The average molecular weight is 368 g/mol. The van der Waals surface area contributed by atoms with E-state index in [0.29, 0.717) is 5.92 Å². The molecule has 0 bridgehead atoms. The van der Waals surface area contributed by atoms with Crippen LogP contribution in [-0.4, -0.2) is 47.3 Å². The summed E-state index contributed by atoms with van der Waals surface area (Å²) in [6.45, 7) is 2.95. The van der Waals surface area contributed by atoms with Gasteiger partial charge in [0, 0.05) is 50.5 Å². The van der Waals surface area contributed by atoms with E-state index >= 15 is 0 Å². The van der Waals surface area contributed by atoms with E-state index in [1.165, 1.54) is 21.2 Å². The molecule has 1 fully saturated rings. The molecule has 1 atom stereocenters. The maximum atomic E-state index is 4.50. The minimum Gasteiger partial charge on any atom is -0.356 e. The van der Waals surface area contributed by atoms with Gasteiger partial charge in [0.2, 0.25) is 0 Å². The number of fused-ring (bicyclic) bond motifs is 1. The summed E-state index contributed by atoms with van der Waals surface area (Å²) in [6, 6.07) is 8.64. The predicted octanol–water partition coefficient (Wildman–Crippen LogP) is 3.24. The van der Waals surface area contributed by atoms with E-state index in [1.807, 2.05) is 36.3 Å². The summed E-state index contributed by atoms with van der Waals surface area (Å²) < 4.78 is 3.25. The smallest absolute Gasteiger partial charge is 0.193 e. The molecule has 136 valence electrons. The first-order chi connectivity index (χ1) is 12.7. The van der Waals surface area contributed by atoms with Crippen molar-refractivity contribution in [2.45, 2.75) is 18.8 Å². The van der Waals surface area contributed by atoms with Crippen LogP contribution in [0.3, 0.4) is 0 Å². The SMILES string of the molecule is CN=C(NCCc1csc2ccccc12)N1CCC(c2cnn(C)c2)C1. The number of likely N-dealkylation sites (tertiary alicyclic amines) is 1. The van der Waals surface area contributed by atoms with E-state index in [0.717, 1.165) is 38.4 Å². The molecule has 1 aromatic carbocycles. The van der Waals surface area contributed by atoms with E-state index in [2.05, 4.69) is 56.2 Å². The lowest BCUT2D eigenvalue weighted by Gasteiger charge is -2.21. The Bertz CT molecular complexity index is 910. The second-order valence-electron chi connectivity index (χ2n) is 6.86. The normalized spacial score (nSPS) is 18.0. The van der Waals surface area contributed by atoms with Crippen molar-refractivity contribution in [3.8, 4) is 0 Å². The number of nitrogens with one attached hydrogen (secondary N) is 1. The second-order valence-corrected chi connectivity index (χ2v) is 7.77. The van der Waals surface area contributed by atoms with Crippen molar-refractivity contribution in [3.63, 3.8) is 0 Å². The Morgan fingerprint density at radius 2 is 2.27 bits per heavy atom. The van der Waals surface area contributed by atoms with Gasteiger partial charge in [-0.25, -0.2) is 0 Å². The average Bonchev–Trinajstić information content (AvgIpc) is 3.38. The van der Waals surface area contributed by atoms with Gasteiger partial charge in [0.15, 0.2) is 5.96 Å². The van der Waals surface area contributed by atoms with Gasteiger partial charge in [0.25, 0.3) is 0 Å². The maximum absolute atomic E-state index is 4.50. The van der Waals surface area contributed by atoms with Gasteiger partial charge in [-0.15, -0.1) is 11.3 Å². The van der Waals surface area contributed by atoms with Crippen molar-refractivity contribution in [1.29, 1.82) is 0 Å². The minimum atomic E-state index is 0.545. The van der Waals surface area contributed by atoms with Crippen LogP contribution in [0.2, 0.25) is 0 Å². The molecule has 0 spiro atoms. The van der Waals surface area contributed by atoms with Gasteiger partial charge in [-0.2, -0.15) is 5.10 Å². The minimum absolute atomic E-state index is 0.545. The van der Waals surface area contributed by atoms with Gasteiger partial charge < -0.3 is 10.2 Å². The fraction of sp³-hybridized carbons (Fsp3) is 0.400. The van der Waals surface area contributed by atoms with Crippen LogP contribution in [0.15, 0.2) is 47.0 Å². The Morgan fingerprint density at radius 1 is 1.38 bits per heavy atom. The topological polar surface area (TPSA) is 45.5 Å². The molecular weight excluding hydrogens is 342 g/mol. The zero-order chi connectivity index (χ0) is 17.9. The number of nitrogens with zero attached hydrogens (tertiary/aromatic N) is 4. The number of aromatic nitrogens is 2. The molecule has 0 aliphatic carbocycles. The van der Waals surface area contributed by atoms with Crippen molar-refractivity contribution in [1.82, 2.24) is 20.0 Å². The molecule has 0 saturated carbocycles.